The lowest BCUT2D eigenvalue weighted by atomic mass is 10.0. The van der Waals surface area contributed by atoms with E-state index in [4.69, 9.17) is 16.0 Å². The summed E-state index contributed by atoms with van der Waals surface area (Å²) in [7, 11) is 0. The van der Waals surface area contributed by atoms with E-state index in [1.54, 1.807) is 0 Å². The molecular formula is C23H16ClO+. The van der Waals surface area contributed by atoms with E-state index in [1.807, 2.05) is 54.6 Å². The van der Waals surface area contributed by atoms with Gasteiger partial charge in [-0.15, -0.1) is 0 Å². The average molecular weight is 344 g/mol. The molecule has 0 atom stereocenters. The predicted octanol–water partition coefficient (Wildman–Crippen LogP) is 7.22. The summed E-state index contributed by atoms with van der Waals surface area (Å²) in [5.41, 5.74) is 4.23. The molecule has 4 aromatic rings. The van der Waals surface area contributed by atoms with Crippen molar-refractivity contribution in [3.8, 4) is 33.8 Å². The second-order valence-electron chi connectivity index (χ2n) is 5.82. The zero-order chi connectivity index (χ0) is 17.1. The van der Waals surface area contributed by atoms with Gasteiger partial charge in [-0.3, -0.25) is 0 Å². The summed E-state index contributed by atoms with van der Waals surface area (Å²) in [5, 5.41) is 0.723. The average Bonchev–Trinajstić information content (AvgIpc) is 2.69. The molecule has 0 saturated carbocycles. The largest absolute Gasteiger partial charge is 0.361 e. The summed E-state index contributed by atoms with van der Waals surface area (Å²) in [4.78, 5) is 0. The first-order valence-electron chi connectivity index (χ1n) is 8.14. The van der Waals surface area contributed by atoms with Crippen molar-refractivity contribution < 1.29 is 4.42 Å². The van der Waals surface area contributed by atoms with Crippen molar-refractivity contribution in [2.75, 3.05) is 0 Å². The fourth-order valence-corrected chi connectivity index (χ4v) is 3.02. The van der Waals surface area contributed by atoms with Crippen LogP contribution in [0.3, 0.4) is 0 Å². The maximum absolute atomic E-state index is 6.21. The summed E-state index contributed by atoms with van der Waals surface area (Å²) in [6.07, 6.45) is 0. The van der Waals surface area contributed by atoms with Gasteiger partial charge in [-0.25, -0.2) is 4.42 Å². The number of hydrogen-bond donors (Lipinski definition) is 0. The highest BCUT2D eigenvalue weighted by molar-refractivity contribution is 6.30. The predicted molar refractivity (Wildman–Crippen MR) is 104 cm³/mol. The van der Waals surface area contributed by atoms with Crippen LogP contribution in [-0.2, 0) is 0 Å². The van der Waals surface area contributed by atoms with Gasteiger partial charge in [-0.1, -0.05) is 60.1 Å². The number of rotatable bonds is 3. The molecule has 1 heterocycles. The van der Waals surface area contributed by atoms with Gasteiger partial charge >= 0.3 is 11.5 Å². The van der Waals surface area contributed by atoms with Gasteiger partial charge in [0.2, 0.25) is 0 Å². The summed E-state index contributed by atoms with van der Waals surface area (Å²) in [5.74, 6) is 1.66. The van der Waals surface area contributed by atoms with Crippen molar-refractivity contribution in [2.24, 2.45) is 0 Å². The monoisotopic (exact) mass is 343 g/mol. The third kappa shape index (κ3) is 3.47. The van der Waals surface area contributed by atoms with Crippen LogP contribution in [0.2, 0.25) is 5.02 Å². The molecule has 120 valence electrons. The van der Waals surface area contributed by atoms with Gasteiger partial charge < -0.3 is 0 Å². The first-order valence-corrected chi connectivity index (χ1v) is 8.52. The molecule has 0 aliphatic heterocycles. The van der Waals surface area contributed by atoms with Crippen molar-refractivity contribution in [1.82, 2.24) is 0 Å². The Labute approximate surface area is 152 Å². The first-order chi connectivity index (χ1) is 12.3. The summed E-state index contributed by atoms with van der Waals surface area (Å²) < 4.78 is 6.21. The Morgan fingerprint density at radius 2 is 1.00 bits per heavy atom. The Morgan fingerprint density at radius 1 is 0.480 bits per heavy atom. The van der Waals surface area contributed by atoms with Crippen LogP contribution in [0.1, 0.15) is 0 Å². The minimum absolute atomic E-state index is 0.723. The van der Waals surface area contributed by atoms with Gasteiger partial charge in [-0.05, 0) is 42.0 Å². The van der Waals surface area contributed by atoms with Crippen molar-refractivity contribution in [1.29, 1.82) is 0 Å². The van der Waals surface area contributed by atoms with Crippen molar-refractivity contribution in [3.05, 3.63) is 102 Å². The van der Waals surface area contributed by atoms with E-state index in [2.05, 4.69) is 42.5 Å². The topological polar surface area (TPSA) is 11.3 Å². The Hall–Kier alpha value is -2.90. The van der Waals surface area contributed by atoms with Crippen LogP contribution >= 0.6 is 11.6 Å². The molecule has 0 spiro atoms. The van der Waals surface area contributed by atoms with E-state index in [0.29, 0.717) is 0 Å². The molecular weight excluding hydrogens is 328 g/mol. The Morgan fingerprint density at radius 3 is 1.52 bits per heavy atom. The van der Waals surface area contributed by atoms with Crippen molar-refractivity contribution in [3.63, 3.8) is 0 Å². The van der Waals surface area contributed by atoms with E-state index >= 15 is 0 Å². The van der Waals surface area contributed by atoms with Gasteiger partial charge in [0.1, 0.15) is 0 Å². The third-order valence-electron chi connectivity index (χ3n) is 4.07. The lowest BCUT2D eigenvalue weighted by molar-refractivity contribution is 0.582. The Balaban J connectivity index is 1.92. The van der Waals surface area contributed by atoms with Crippen LogP contribution in [0, 0.1) is 0 Å². The third-order valence-corrected chi connectivity index (χ3v) is 4.30. The molecule has 0 radical (unpaired) electrons. The number of benzene rings is 3. The molecule has 0 amide bonds. The van der Waals surface area contributed by atoms with E-state index < -0.39 is 0 Å². The molecule has 25 heavy (non-hydrogen) atoms. The molecule has 4 rings (SSSR count). The zero-order valence-corrected chi connectivity index (χ0v) is 14.3. The fraction of sp³-hybridized carbons (Fsp3) is 0. The standard InChI is InChI=1S/C23H16ClO/c24-21-13-7-12-19(14-21)20-15-22(17-8-3-1-4-9-17)25-23(16-20)18-10-5-2-6-11-18/h1-16H/q+1. The van der Waals surface area contributed by atoms with Crippen LogP contribution < -0.4 is 0 Å². The van der Waals surface area contributed by atoms with Gasteiger partial charge in [0.15, 0.2) is 0 Å². The van der Waals surface area contributed by atoms with Crippen LogP contribution in [0.25, 0.3) is 33.8 Å². The smallest absolute Gasteiger partial charge is 0.207 e. The van der Waals surface area contributed by atoms with E-state index in [-0.39, 0.29) is 0 Å². The van der Waals surface area contributed by atoms with Gasteiger partial charge in [0.05, 0.1) is 23.3 Å². The normalized spacial score (nSPS) is 10.6. The highest BCUT2D eigenvalue weighted by Crippen LogP contribution is 2.33. The molecule has 1 nitrogen and oxygen atoms in total. The summed E-state index contributed by atoms with van der Waals surface area (Å²) in [6.45, 7) is 0. The second kappa shape index (κ2) is 6.92. The van der Waals surface area contributed by atoms with Crippen LogP contribution in [-0.4, -0.2) is 0 Å². The van der Waals surface area contributed by atoms with E-state index in [0.717, 1.165) is 38.8 Å². The van der Waals surface area contributed by atoms with E-state index in [9.17, 15) is 0 Å². The SMILES string of the molecule is Clc1cccc(-c2cc(-c3ccccc3)[o+]c(-c3ccccc3)c2)c1. The van der Waals surface area contributed by atoms with Gasteiger partial charge in [0, 0.05) is 10.6 Å². The van der Waals surface area contributed by atoms with Crippen molar-refractivity contribution >= 4 is 11.6 Å². The molecule has 2 heteroatoms. The minimum atomic E-state index is 0.723. The highest BCUT2D eigenvalue weighted by Gasteiger charge is 2.20. The van der Waals surface area contributed by atoms with Crippen LogP contribution in [0.4, 0.5) is 0 Å². The molecule has 0 aliphatic carbocycles. The van der Waals surface area contributed by atoms with Gasteiger partial charge in [-0.2, -0.15) is 0 Å². The second-order valence-corrected chi connectivity index (χ2v) is 6.25. The molecule has 0 saturated heterocycles. The maximum Gasteiger partial charge on any atom is 0.361 e. The molecule has 0 bridgehead atoms. The first kappa shape index (κ1) is 15.6. The zero-order valence-electron chi connectivity index (χ0n) is 13.5. The molecule has 0 fully saturated rings. The van der Waals surface area contributed by atoms with E-state index in [1.165, 1.54) is 0 Å². The molecule has 0 aliphatic rings. The number of hydrogen-bond acceptors (Lipinski definition) is 0. The molecule has 0 N–H and O–H groups in total. The Bertz CT molecular complexity index is 937. The van der Waals surface area contributed by atoms with Crippen molar-refractivity contribution in [2.45, 2.75) is 0 Å². The summed E-state index contributed by atoms with van der Waals surface area (Å²) >= 11 is 6.18. The fourth-order valence-electron chi connectivity index (χ4n) is 2.83. The number of halogens is 1. The Kier molecular flexibility index (Phi) is 4.32. The quantitative estimate of drug-likeness (QED) is 0.357. The molecule has 3 aromatic carbocycles. The minimum Gasteiger partial charge on any atom is -0.207 e. The van der Waals surface area contributed by atoms with Gasteiger partial charge in [0.25, 0.3) is 0 Å². The van der Waals surface area contributed by atoms with Crippen LogP contribution in [0.15, 0.2) is 101 Å². The molecule has 1 aromatic heterocycles. The lowest BCUT2D eigenvalue weighted by Gasteiger charge is -2.03. The molecule has 0 unspecified atom stereocenters. The highest BCUT2D eigenvalue weighted by atomic mass is 35.5. The van der Waals surface area contributed by atoms with Crippen LogP contribution in [0.5, 0.6) is 0 Å². The lowest BCUT2D eigenvalue weighted by Crippen LogP contribution is -1.86. The summed E-state index contributed by atoms with van der Waals surface area (Å²) in [6, 6.07) is 32.3. The maximum atomic E-state index is 6.21.